The van der Waals surface area contributed by atoms with Crippen molar-refractivity contribution in [3.8, 4) is 0 Å². The van der Waals surface area contributed by atoms with Gasteiger partial charge in [-0.05, 0) is 49.7 Å². The molecule has 6 nitrogen and oxygen atoms in total. The summed E-state index contributed by atoms with van der Waals surface area (Å²) >= 11 is 0. The Balaban J connectivity index is 1.79. The number of hydrogen-bond acceptors (Lipinski definition) is 5. The van der Waals surface area contributed by atoms with E-state index in [0.717, 1.165) is 17.8 Å². The van der Waals surface area contributed by atoms with E-state index in [1.54, 1.807) is 24.3 Å². The van der Waals surface area contributed by atoms with Crippen molar-refractivity contribution in [2.75, 3.05) is 6.61 Å². The van der Waals surface area contributed by atoms with Gasteiger partial charge in [-0.25, -0.2) is 9.78 Å². The summed E-state index contributed by atoms with van der Waals surface area (Å²) in [6.07, 6.45) is 2.70. The van der Waals surface area contributed by atoms with Crippen molar-refractivity contribution in [2.45, 2.75) is 20.3 Å². The lowest BCUT2D eigenvalue weighted by atomic mass is 10.2. The Hall–Kier alpha value is -3.02. The van der Waals surface area contributed by atoms with Gasteiger partial charge in [0.1, 0.15) is 5.65 Å². The molecule has 24 heavy (non-hydrogen) atoms. The largest absolute Gasteiger partial charge is 0.462 e. The van der Waals surface area contributed by atoms with Crippen LogP contribution in [0.15, 0.2) is 58.9 Å². The molecule has 0 spiro atoms. The molecule has 1 aromatic carbocycles. The maximum absolute atomic E-state index is 11.8. The molecule has 0 atom stereocenters. The summed E-state index contributed by atoms with van der Waals surface area (Å²) < 4.78 is 6.98. The molecule has 0 saturated carbocycles. The quantitative estimate of drug-likeness (QED) is 0.508. The topological polar surface area (TPSA) is 68.3 Å². The minimum atomic E-state index is -0.321. The molecule has 3 rings (SSSR count). The van der Waals surface area contributed by atoms with Crippen LogP contribution in [-0.4, -0.2) is 22.0 Å². The Labute approximate surface area is 139 Å². The van der Waals surface area contributed by atoms with Crippen LogP contribution in [-0.2, 0) is 4.74 Å². The second kappa shape index (κ2) is 7.04. The van der Waals surface area contributed by atoms with Crippen molar-refractivity contribution in [3.05, 3.63) is 59.9 Å². The van der Waals surface area contributed by atoms with Crippen LogP contribution in [0.2, 0.25) is 0 Å². The maximum Gasteiger partial charge on any atom is 0.338 e. The number of azo groups is 1. The fourth-order valence-corrected chi connectivity index (χ4v) is 2.27. The number of esters is 1. The normalized spacial score (nSPS) is 11.2. The van der Waals surface area contributed by atoms with E-state index in [9.17, 15) is 4.79 Å². The Morgan fingerprint density at radius 1 is 1.17 bits per heavy atom. The van der Waals surface area contributed by atoms with Crippen molar-refractivity contribution >= 4 is 23.1 Å². The Morgan fingerprint density at radius 3 is 2.71 bits per heavy atom. The first kappa shape index (κ1) is 15.9. The van der Waals surface area contributed by atoms with Gasteiger partial charge in [0.25, 0.3) is 0 Å². The molecule has 0 unspecified atom stereocenters. The van der Waals surface area contributed by atoms with Gasteiger partial charge in [0.15, 0.2) is 5.82 Å². The number of rotatable bonds is 5. The maximum atomic E-state index is 11.8. The van der Waals surface area contributed by atoms with Crippen LogP contribution < -0.4 is 0 Å². The number of nitrogens with zero attached hydrogens (tertiary/aromatic N) is 4. The van der Waals surface area contributed by atoms with E-state index >= 15 is 0 Å². The molecule has 122 valence electrons. The van der Waals surface area contributed by atoms with Gasteiger partial charge in [0.05, 0.1) is 23.6 Å². The van der Waals surface area contributed by atoms with E-state index in [1.807, 2.05) is 42.6 Å². The van der Waals surface area contributed by atoms with Gasteiger partial charge in [-0.2, -0.15) is 0 Å². The third-order valence-electron chi connectivity index (χ3n) is 3.47. The van der Waals surface area contributed by atoms with Crippen molar-refractivity contribution in [3.63, 3.8) is 0 Å². The summed E-state index contributed by atoms with van der Waals surface area (Å²) in [6, 6.07) is 12.6. The molecule has 0 aliphatic carbocycles. The summed E-state index contributed by atoms with van der Waals surface area (Å²) in [5.41, 5.74) is 2.81. The monoisotopic (exact) mass is 322 g/mol. The third-order valence-corrected chi connectivity index (χ3v) is 3.47. The van der Waals surface area contributed by atoms with Gasteiger partial charge in [0.2, 0.25) is 0 Å². The lowest BCUT2D eigenvalue weighted by Crippen LogP contribution is -2.05. The van der Waals surface area contributed by atoms with Crippen LogP contribution in [0.3, 0.4) is 0 Å². The first-order chi connectivity index (χ1) is 11.7. The van der Waals surface area contributed by atoms with Crippen LogP contribution in [0, 0.1) is 6.92 Å². The van der Waals surface area contributed by atoms with E-state index in [2.05, 4.69) is 15.2 Å². The molecular formula is C18H18N4O2. The molecule has 3 aromatic rings. The van der Waals surface area contributed by atoms with E-state index in [1.165, 1.54) is 0 Å². The van der Waals surface area contributed by atoms with E-state index < -0.39 is 0 Å². The van der Waals surface area contributed by atoms with Crippen molar-refractivity contribution in [1.29, 1.82) is 0 Å². The molecule has 0 amide bonds. The molecule has 2 aromatic heterocycles. The molecule has 0 saturated heterocycles. The fourth-order valence-electron chi connectivity index (χ4n) is 2.27. The Morgan fingerprint density at radius 2 is 1.96 bits per heavy atom. The number of aryl methyl sites for hydroxylation is 1. The van der Waals surface area contributed by atoms with Gasteiger partial charge < -0.3 is 4.74 Å². The van der Waals surface area contributed by atoms with Crippen LogP contribution in [0.4, 0.5) is 11.5 Å². The lowest BCUT2D eigenvalue weighted by Gasteiger charge is -2.02. The average molecular weight is 322 g/mol. The summed E-state index contributed by atoms with van der Waals surface area (Å²) in [6.45, 7) is 4.28. The van der Waals surface area contributed by atoms with Gasteiger partial charge in [-0.15, -0.1) is 10.2 Å². The predicted octanol–water partition coefficient (Wildman–Crippen LogP) is 4.62. The predicted molar refractivity (Wildman–Crippen MR) is 91.1 cm³/mol. The Bertz CT molecular complexity index is 882. The molecule has 6 heteroatoms. The molecule has 0 fully saturated rings. The second-order valence-corrected chi connectivity index (χ2v) is 5.33. The van der Waals surface area contributed by atoms with Crippen molar-refractivity contribution in [1.82, 2.24) is 9.38 Å². The molecule has 2 heterocycles. The number of ether oxygens (including phenoxy) is 1. The second-order valence-electron chi connectivity index (χ2n) is 5.33. The summed E-state index contributed by atoms with van der Waals surface area (Å²) in [5.74, 6) is 0.370. The molecule has 0 radical (unpaired) electrons. The third kappa shape index (κ3) is 3.32. The number of imidazole rings is 1. The zero-order valence-electron chi connectivity index (χ0n) is 13.6. The summed E-state index contributed by atoms with van der Waals surface area (Å²) in [7, 11) is 0. The van der Waals surface area contributed by atoms with Crippen molar-refractivity contribution < 1.29 is 9.53 Å². The van der Waals surface area contributed by atoms with Crippen LogP contribution in [0.1, 0.15) is 29.4 Å². The number of aromatic nitrogens is 2. The first-order valence-corrected chi connectivity index (χ1v) is 7.81. The minimum absolute atomic E-state index is 0.321. The average Bonchev–Trinajstić information content (AvgIpc) is 2.93. The molecular weight excluding hydrogens is 304 g/mol. The van der Waals surface area contributed by atoms with E-state index in [4.69, 9.17) is 4.74 Å². The molecule has 0 N–H and O–H groups in total. The number of benzene rings is 1. The zero-order valence-corrected chi connectivity index (χ0v) is 13.6. The zero-order chi connectivity index (χ0) is 16.9. The highest BCUT2D eigenvalue weighted by atomic mass is 16.5. The molecule has 0 aliphatic rings. The SMILES string of the molecule is CCCOC(=O)c1ccc(N=Nc2c(C)nc3ccccn23)cc1. The van der Waals surface area contributed by atoms with Crippen molar-refractivity contribution in [2.24, 2.45) is 10.2 Å². The van der Waals surface area contributed by atoms with Gasteiger partial charge >= 0.3 is 5.97 Å². The van der Waals surface area contributed by atoms with Crippen LogP contribution >= 0.6 is 0 Å². The van der Waals surface area contributed by atoms with Crippen LogP contribution in [0.25, 0.3) is 5.65 Å². The number of carbonyl (C=O) groups is 1. The van der Waals surface area contributed by atoms with E-state index in [-0.39, 0.29) is 5.97 Å². The Kier molecular flexibility index (Phi) is 4.65. The fraction of sp³-hybridized carbons (Fsp3) is 0.222. The van der Waals surface area contributed by atoms with Gasteiger partial charge in [-0.3, -0.25) is 4.40 Å². The number of fused-ring (bicyclic) bond motifs is 1. The van der Waals surface area contributed by atoms with Gasteiger partial charge in [-0.1, -0.05) is 13.0 Å². The molecule has 0 bridgehead atoms. The van der Waals surface area contributed by atoms with E-state index in [0.29, 0.717) is 23.7 Å². The first-order valence-electron chi connectivity index (χ1n) is 7.81. The summed E-state index contributed by atoms with van der Waals surface area (Å²) in [4.78, 5) is 16.2. The minimum Gasteiger partial charge on any atom is -0.462 e. The van der Waals surface area contributed by atoms with Gasteiger partial charge in [0, 0.05) is 6.20 Å². The molecule has 0 aliphatic heterocycles. The summed E-state index contributed by atoms with van der Waals surface area (Å²) in [5, 5.41) is 8.53. The number of hydrogen-bond donors (Lipinski definition) is 0. The highest BCUT2D eigenvalue weighted by molar-refractivity contribution is 5.89. The standard InChI is InChI=1S/C18H18N4O2/c1-3-12-24-18(23)14-7-9-15(10-8-14)20-21-17-13(2)19-16-6-4-5-11-22(16)17/h4-11H,3,12H2,1-2H3. The van der Waals surface area contributed by atoms with Crippen LogP contribution in [0.5, 0.6) is 0 Å². The highest BCUT2D eigenvalue weighted by Crippen LogP contribution is 2.23. The number of carbonyl (C=O) groups excluding carboxylic acids is 1. The number of pyridine rings is 1. The smallest absolute Gasteiger partial charge is 0.338 e. The highest BCUT2D eigenvalue weighted by Gasteiger charge is 2.08. The lowest BCUT2D eigenvalue weighted by molar-refractivity contribution is 0.0505.